The normalized spacial score (nSPS) is 14.4. The van der Waals surface area contributed by atoms with Crippen LogP contribution in [-0.4, -0.2) is 0 Å². The maximum atomic E-state index is 6.37. The average Bonchev–Trinajstić information content (AvgIpc) is 3.26. The maximum absolute atomic E-state index is 6.37. The lowest BCUT2D eigenvalue weighted by Crippen LogP contribution is -2.26. The Morgan fingerprint density at radius 2 is 1.10 bits per heavy atom. The number of fused-ring (bicyclic) bond motifs is 12. The number of hydrogen-bond acceptors (Lipinski definition) is 1. The Hall–Kier alpha value is -3.84. The van der Waals surface area contributed by atoms with Crippen molar-refractivity contribution in [3.63, 3.8) is 0 Å². The molecular formula is C29H19N. The Balaban J connectivity index is 1.79. The molecule has 0 bridgehead atoms. The molecule has 0 fully saturated rings. The summed E-state index contributed by atoms with van der Waals surface area (Å²) in [7, 11) is 0. The zero-order valence-corrected chi connectivity index (χ0v) is 16.4. The van der Waals surface area contributed by atoms with Crippen LogP contribution >= 0.6 is 0 Å². The molecule has 0 amide bonds. The van der Waals surface area contributed by atoms with E-state index in [2.05, 4.69) is 97.1 Å². The van der Waals surface area contributed by atoms with Gasteiger partial charge in [0.05, 0.1) is 5.41 Å². The molecule has 0 saturated carbocycles. The van der Waals surface area contributed by atoms with E-state index in [-0.39, 0.29) is 5.41 Å². The fraction of sp³-hybridized carbons (Fsp3) is 0.0345. The van der Waals surface area contributed by atoms with Crippen LogP contribution in [0, 0.1) is 0 Å². The second kappa shape index (κ2) is 5.40. The summed E-state index contributed by atoms with van der Waals surface area (Å²) in [5.41, 5.74) is 17.5. The lowest BCUT2D eigenvalue weighted by molar-refractivity contribution is 0.802. The molecule has 2 aliphatic carbocycles. The molecule has 30 heavy (non-hydrogen) atoms. The standard InChI is InChI=1S/C29H19N/c30-19-14-16-23-24-15-13-18-7-1-2-8-20(18)28(24)29(27(23)17-19)25-11-5-3-9-21(25)22-10-4-6-12-26(22)29/h1-17H,30H2. The first-order valence-electron chi connectivity index (χ1n) is 10.4. The number of hydrogen-bond donors (Lipinski definition) is 1. The highest BCUT2D eigenvalue weighted by atomic mass is 14.6. The Labute approximate surface area is 175 Å². The third kappa shape index (κ3) is 1.71. The third-order valence-electron chi connectivity index (χ3n) is 6.99. The van der Waals surface area contributed by atoms with E-state index in [1.54, 1.807) is 0 Å². The Bertz CT molecular complexity index is 1460. The molecule has 140 valence electrons. The van der Waals surface area contributed by atoms with Gasteiger partial charge in [-0.1, -0.05) is 91.0 Å². The van der Waals surface area contributed by atoms with E-state index in [1.165, 1.54) is 55.3 Å². The molecule has 7 rings (SSSR count). The number of nitrogens with two attached hydrogens (primary N) is 1. The van der Waals surface area contributed by atoms with Crippen LogP contribution in [0.1, 0.15) is 22.3 Å². The van der Waals surface area contributed by atoms with Crippen LogP contribution in [0.4, 0.5) is 5.69 Å². The van der Waals surface area contributed by atoms with Crippen LogP contribution in [0.5, 0.6) is 0 Å². The van der Waals surface area contributed by atoms with Crippen molar-refractivity contribution < 1.29 is 0 Å². The van der Waals surface area contributed by atoms with Crippen molar-refractivity contribution in [3.05, 3.63) is 125 Å². The van der Waals surface area contributed by atoms with Gasteiger partial charge in [0, 0.05) is 5.69 Å². The molecule has 0 heterocycles. The summed E-state index contributed by atoms with van der Waals surface area (Å²) in [6.07, 6.45) is 0. The first kappa shape index (κ1) is 16.0. The zero-order valence-electron chi connectivity index (χ0n) is 16.4. The van der Waals surface area contributed by atoms with Gasteiger partial charge < -0.3 is 5.73 Å². The topological polar surface area (TPSA) is 26.0 Å². The first-order chi connectivity index (χ1) is 14.8. The SMILES string of the molecule is Nc1ccc2c(c1)C1(c3ccccc3-c3ccccc31)c1c-2ccc2ccccc12. The van der Waals surface area contributed by atoms with Crippen molar-refractivity contribution in [2.24, 2.45) is 0 Å². The maximum Gasteiger partial charge on any atom is 0.0732 e. The monoisotopic (exact) mass is 381 g/mol. The third-order valence-corrected chi connectivity index (χ3v) is 6.99. The highest BCUT2D eigenvalue weighted by Crippen LogP contribution is 2.64. The van der Waals surface area contributed by atoms with Gasteiger partial charge in [-0.3, -0.25) is 0 Å². The van der Waals surface area contributed by atoms with Gasteiger partial charge in [0.1, 0.15) is 0 Å². The lowest BCUT2D eigenvalue weighted by Gasteiger charge is -2.31. The molecule has 0 aliphatic heterocycles. The van der Waals surface area contributed by atoms with E-state index in [0.717, 1.165) is 5.69 Å². The molecule has 1 heteroatoms. The fourth-order valence-corrected chi connectivity index (χ4v) is 5.94. The minimum absolute atomic E-state index is 0.339. The molecular weight excluding hydrogens is 362 g/mol. The van der Waals surface area contributed by atoms with Gasteiger partial charge in [-0.15, -0.1) is 0 Å². The molecule has 2 N–H and O–H groups in total. The highest BCUT2D eigenvalue weighted by Gasteiger charge is 2.52. The van der Waals surface area contributed by atoms with Crippen molar-refractivity contribution in [2.45, 2.75) is 5.41 Å². The van der Waals surface area contributed by atoms with Crippen LogP contribution in [0.3, 0.4) is 0 Å². The summed E-state index contributed by atoms with van der Waals surface area (Å²) in [4.78, 5) is 0. The van der Waals surface area contributed by atoms with Crippen molar-refractivity contribution in [1.29, 1.82) is 0 Å². The molecule has 0 saturated heterocycles. The molecule has 0 aromatic heterocycles. The van der Waals surface area contributed by atoms with Gasteiger partial charge in [-0.2, -0.15) is 0 Å². The van der Waals surface area contributed by atoms with Crippen LogP contribution in [0.15, 0.2) is 103 Å². The second-order valence-electron chi connectivity index (χ2n) is 8.36. The molecule has 0 atom stereocenters. The van der Waals surface area contributed by atoms with Crippen LogP contribution < -0.4 is 5.73 Å². The number of benzene rings is 5. The molecule has 1 nitrogen and oxygen atoms in total. The van der Waals surface area contributed by atoms with E-state index in [4.69, 9.17) is 5.73 Å². The lowest BCUT2D eigenvalue weighted by atomic mass is 9.69. The average molecular weight is 381 g/mol. The smallest absolute Gasteiger partial charge is 0.0732 e. The van der Waals surface area contributed by atoms with Crippen molar-refractivity contribution in [3.8, 4) is 22.3 Å². The molecule has 2 aliphatic rings. The Morgan fingerprint density at radius 3 is 1.87 bits per heavy atom. The van der Waals surface area contributed by atoms with Crippen LogP contribution in [0.25, 0.3) is 33.0 Å². The fourth-order valence-electron chi connectivity index (χ4n) is 5.94. The quantitative estimate of drug-likeness (QED) is 0.288. The summed E-state index contributed by atoms with van der Waals surface area (Å²) in [5.74, 6) is 0. The largest absolute Gasteiger partial charge is 0.399 e. The van der Waals surface area contributed by atoms with E-state index in [0.29, 0.717) is 0 Å². The van der Waals surface area contributed by atoms with Gasteiger partial charge in [0.2, 0.25) is 0 Å². The van der Waals surface area contributed by atoms with Gasteiger partial charge in [-0.25, -0.2) is 0 Å². The minimum atomic E-state index is -0.339. The minimum Gasteiger partial charge on any atom is -0.399 e. The summed E-state index contributed by atoms with van der Waals surface area (Å²) >= 11 is 0. The van der Waals surface area contributed by atoms with E-state index in [9.17, 15) is 0 Å². The summed E-state index contributed by atoms with van der Waals surface area (Å²) in [6, 6.07) is 37.5. The molecule has 0 radical (unpaired) electrons. The van der Waals surface area contributed by atoms with Crippen molar-refractivity contribution in [2.75, 3.05) is 5.73 Å². The molecule has 5 aromatic carbocycles. The summed E-state index contributed by atoms with van der Waals surface area (Å²) < 4.78 is 0. The van der Waals surface area contributed by atoms with E-state index in [1.807, 2.05) is 6.07 Å². The Kier molecular flexibility index (Phi) is 2.88. The zero-order chi connectivity index (χ0) is 19.9. The van der Waals surface area contributed by atoms with Crippen LogP contribution in [0.2, 0.25) is 0 Å². The number of nitrogen functional groups attached to an aromatic ring is 1. The van der Waals surface area contributed by atoms with Gasteiger partial charge in [0.15, 0.2) is 0 Å². The number of anilines is 1. The van der Waals surface area contributed by atoms with Gasteiger partial charge >= 0.3 is 0 Å². The summed E-state index contributed by atoms with van der Waals surface area (Å²) in [5, 5.41) is 2.59. The second-order valence-corrected chi connectivity index (χ2v) is 8.36. The van der Waals surface area contributed by atoms with Gasteiger partial charge in [0.25, 0.3) is 0 Å². The molecule has 1 spiro atoms. The first-order valence-corrected chi connectivity index (χ1v) is 10.4. The van der Waals surface area contributed by atoms with E-state index >= 15 is 0 Å². The number of rotatable bonds is 0. The summed E-state index contributed by atoms with van der Waals surface area (Å²) in [6.45, 7) is 0. The Morgan fingerprint density at radius 1 is 0.500 bits per heavy atom. The van der Waals surface area contributed by atoms with Crippen LogP contribution in [-0.2, 0) is 5.41 Å². The highest BCUT2D eigenvalue weighted by molar-refractivity contribution is 6.03. The van der Waals surface area contributed by atoms with Gasteiger partial charge in [-0.05, 0) is 67.4 Å². The molecule has 5 aromatic rings. The van der Waals surface area contributed by atoms with E-state index < -0.39 is 0 Å². The van der Waals surface area contributed by atoms with Crippen molar-refractivity contribution in [1.82, 2.24) is 0 Å². The predicted molar refractivity (Wildman–Crippen MR) is 125 cm³/mol. The van der Waals surface area contributed by atoms with Crippen molar-refractivity contribution >= 4 is 16.5 Å². The predicted octanol–water partition coefficient (Wildman–Crippen LogP) is 6.77. The molecule has 0 unspecified atom stereocenters.